The summed E-state index contributed by atoms with van der Waals surface area (Å²) in [7, 11) is 0. The van der Waals surface area contributed by atoms with E-state index in [0.717, 1.165) is 5.56 Å². The maximum atomic E-state index is 12.9. The van der Waals surface area contributed by atoms with Crippen LogP contribution in [0.25, 0.3) is 11.0 Å². The van der Waals surface area contributed by atoms with Gasteiger partial charge < -0.3 is 29.7 Å². The fraction of sp³-hybridized carbons (Fsp3) is 0.429. The van der Waals surface area contributed by atoms with Gasteiger partial charge in [-0.15, -0.1) is 0 Å². The molecule has 1 aliphatic heterocycles. The van der Waals surface area contributed by atoms with Gasteiger partial charge in [0.1, 0.15) is 35.5 Å². The number of aliphatic hydroxyl groups is 1. The summed E-state index contributed by atoms with van der Waals surface area (Å²) in [6.07, 6.45) is 1.89. The zero-order chi connectivity index (χ0) is 28.8. The minimum atomic E-state index is -0.851. The van der Waals surface area contributed by atoms with Crippen molar-refractivity contribution in [1.82, 2.24) is 34.6 Å². The highest BCUT2D eigenvalue weighted by Crippen LogP contribution is 2.31. The van der Waals surface area contributed by atoms with Gasteiger partial charge in [-0.3, -0.25) is 4.68 Å². The molecule has 216 valence electrons. The van der Waals surface area contributed by atoms with Crippen molar-refractivity contribution in [2.24, 2.45) is 0 Å². The van der Waals surface area contributed by atoms with Gasteiger partial charge in [-0.1, -0.05) is 30.3 Å². The first-order valence-electron chi connectivity index (χ1n) is 13.7. The number of hydrogen-bond donors (Lipinski definition) is 2. The maximum absolute atomic E-state index is 12.9. The Morgan fingerprint density at radius 1 is 1.20 bits per heavy atom. The summed E-state index contributed by atoms with van der Waals surface area (Å²) in [6, 6.07) is 11.2. The molecular weight excluding hydrogens is 526 g/mol. The van der Waals surface area contributed by atoms with Gasteiger partial charge in [0.05, 0.1) is 19.3 Å². The van der Waals surface area contributed by atoms with Gasteiger partial charge in [-0.2, -0.15) is 10.1 Å². The number of aromatic nitrogens is 6. The number of anilines is 3. The Labute approximate surface area is 238 Å². The molecular formula is C28H35N9O4. The van der Waals surface area contributed by atoms with E-state index in [1.165, 1.54) is 6.33 Å². The van der Waals surface area contributed by atoms with Gasteiger partial charge in [-0.05, 0) is 32.4 Å². The molecule has 13 nitrogen and oxygen atoms in total. The van der Waals surface area contributed by atoms with E-state index in [1.807, 2.05) is 49.1 Å². The third kappa shape index (κ3) is 6.52. The number of hydrogen-bond acceptors (Lipinski definition) is 11. The van der Waals surface area contributed by atoms with Crippen LogP contribution in [0, 0.1) is 0 Å². The van der Waals surface area contributed by atoms with Crippen LogP contribution in [0.2, 0.25) is 0 Å². The van der Waals surface area contributed by atoms with Crippen LogP contribution in [0.5, 0.6) is 0 Å². The molecule has 0 spiro atoms. The third-order valence-corrected chi connectivity index (χ3v) is 6.83. The molecule has 1 aliphatic rings. The highest BCUT2D eigenvalue weighted by Gasteiger charge is 2.31. The fourth-order valence-electron chi connectivity index (χ4n) is 4.76. The second kappa shape index (κ2) is 12.9. The van der Waals surface area contributed by atoms with Gasteiger partial charge in [0, 0.05) is 38.5 Å². The Morgan fingerprint density at radius 2 is 2.02 bits per heavy atom. The summed E-state index contributed by atoms with van der Waals surface area (Å²) in [5, 5.41) is 18.5. The smallest absolute Gasteiger partial charge is 0.410 e. The van der Waals surface area contributed by atoms with Crippen LogP contribution < -0.4 is 10.2 Å². The van der Waals surface area contributed by atoms with Crippen molar-refractivity contribution in [1.29, 1.82) is 0 Å². The Balaban J connectivity index is 1.42. The molecule has 41 heavy (non-hydrogen) atoms. The predicted octanol–water partition coefficient (Wildman–Crippen LogP) is 3.30. The summed E-state index contributed by atoms with van der Waals surface area (Å²) in [4.78, 5) is 34.7. The second-order valence-corrected chi connectivity index (χ2v) is 9.80. The summed E-state index contributed by atoms with van der Waals surface area (Å²) in [5.41, 5.74) is 2.56. The molecule has 1 fully saturated rings. The number of fused-ring (bicyclic) bond motifs is 1. The lowest BCUT2D eigenvalue weighted by molar-refractivity contribution is 0.0793. The lowest BCUT2D eigenvalue weighted by atomic mass is 10.2. The molecule has 5 rings (SSSR count). The van der Waals surface area contributed by atoms with E-state index in [-0.39, 0.29) is 18.7 Å². The first-order chi connectivity index (χ1) is 19.9. The average Bonchev–Trinajstić information content (AvgIpc) is 3.36. The number of benzene rings is 1. The number of ether oxygens (including phenoxy) is 2. The molecule has 0 radical (unpaired) electrons. The second-order valence-electron chi connectivity index (χ2n) is 9.80. The van der Waals surface area contributed by atoms with E-state index in [4.69, 9.17) is 19.4 Å². The van der Waals surface area contributed by atoms with E-state index >= 15 is 0 Å². The Kier molecular flexibility index (Phi) is 8.85. The van der Waals surface area contributed by atoms with E-state index < -0.39 is 6.10 Å². The Bertz CT molecular complexity index is 1450. The van der Waals surface area contributed by atoms with Crippen LogP contribution in [0.15, 0.2) is 48.9 Å². The number of rotatable bonds is 10. The monoisotopic (exact) mass is 561 g/mol. The lowest BCUT2D eigenvalue weighted by Gasteiger charge is -2.39. The minimum absolute atomic E-state index is 0.144. The highest BCUT2D eigenvalue weighted by atomic mass is 16.6. The number of nitrogens with one attached hydrogen (secondary N) is 1. The van der Waals surface area contributed by atoms with E-state index in [0.29, 0.717) is 73.7 Å². The van der Waals surface area contributed by atoms with E-state index in [2.05, 4.69) is 20.4 Å². The molecule has 1 unspecified atom stereocenters. The molecule has 2 N–H and O–H groups in total. The van der Waals surface area contributed by atoms with E-state index in [9.17, 15) is 9.90 Å². The topological polar surface area (TPSA) is 144 Å². The van der Waals surface area contributed by atoms with Gasteiger partial charge in [-0.25, -0.2) is 19.7 Å². The first kappa shape index (κ1) is 28.2. The van der Waals surface area contributed by atoms with Crippen molar-refractivity contribution < 1.29 is 19.4 Å². The maximum Gasteiger partial charge on any atom is 0.410 e. The molecule has 0 bridgehead atoms. The van der Waals surface area contributed by atoms with Crippen LogP contribution in [0.1, 0.15) is 38.1 Å². The van der Waals surface area contributed by atoms with Gasteiger partial charge in [0.15, 0.2) is 5.82 Å². The molecule has 1 aromatic carbocycles. The number of nitrogens with zero attached hydrogens (tertiary/aromatic N) is 8. The van der Waals surface area contributed by atoms with Crippen molar-refractivity contribution in [3.63, 3.8) is 0 Å². The van der Waals surface area contributed by atoms with Crippen LogP contribution >= 0.6 is 0 Å². The summed E-state index contributed by atoms with van der Waals surface area (Å²) in [6.45, 7) is 8.73. The van der Waals surface area contributed by atoms with Crippen molar-refractivity contribution in [2.75, 3.05) is 43.1 Å². The zero-order valence-electron chi connectivity index (χ0n) is 23.5. The summed E-state index contributed by atoms with van der Waals surface area (Å²) >= 11 is 0. The highest BCUT2D eigenvalue weighted by molar-refractivity contribution is 5.90. The van der Waals surface area contributed by atoms with Crippen LogP contribution in [0.3, 0.4) is 0 Å². The van der Waals surface area contributed by atoms with Crippen molar-refractivity contribution in [2.45, 2.75) is 46.1 Å². The largest absolute Gasteiger partial charge is 0.445 e. The number of aliphatic hydroxyl groups excluding tert-OH is 1. The predicted molar refractivity (Wildman–Crippen MR) is 153 cm³/mol. The third-order valence-electron chi connectivity index (χ3n) is 6.83. The number of carbonyl (C=O) groups excluding carboxylic acids is 1. The lowest BCUT2D eigenvalue weighted by Crippen LogP contribution is -2.54. The van der Waals surface area contributed by atoms with Crippen molar-refractivity contribution >= 4 is 34.7 Å². The Morgan fingerprint density at radius 3 is 2.73 bits per heavy atom. The standard InChI is InChI=1S/C28H35N9O4/c1-4-40-15-14-37-25-24(23(34-37)20(3)38)32-27(33-26(25)31-22-10-11-29-18-30-22)35-12-13-36(19(2)16-35)28(39)41-17-21-8-6-5-7-9-21/h5-11,18-20,38H,4,12-17H2,1-3H3,(H,29,30,31,32,33)/t19-,20?/m1/s1. The van der Waals surface area contributed by atoms with E-state index in [1.54, 1.807) is 28.8 Å². The zero-order valence-corrected chi connectivity index (χ0v) is 23.5. The van der Waals surface area contributed by atoms with Gasteiger partial charge >= 0.3 is 6.09 Å². The number of amides is 1. The fourth-order valence-corrected chi connectivity index (χ4v) is 4.76. The van der Waals surface area contributed by atoms with Crippen LogP contribution in [-0.4, -0.2) is 84.7 Å². The van der Waals surface area contributed by atoms with Gasteiger partial charge in [0.2, 0.25) is 5.95 Å². The molecule has 0 aliphatic carbocycles. The Hall–Kier alpha value is -4.36. The number of piperazine rings is 1. The molecule has 2 atom stereocenters. The minimum Gasteiger partial charge on any atom is -0.445 e. The quantitative estimate of drug-likeness (QED) is 0.275. The van der Waals surface area contributed by atoms with Crippen LogP contribution in [-0.2, 0) is 22.6 Å². The van der Waals surface area contributed by atoms with Crippen molar-refractivity contribution in [3.05, 3.63) is 60.2 Å². The summed E-state index contributed by atoms with van der Waals surface area (Å²) in [5.74, 6) is 1.52. The number of carbonyl (C=O) groups is 1. The normalized spacial score (nSPS) is 16.1. The molecule has 4 aromatic rings. The molecule has 0 saturated carbocycles. The first-order valence-corrected chi connectivity index (χ1v) is 13.7. The molecule has 1 saturated heterocycles. The summed E-state index contributed by atoms with van der Waals surface area (Å²) < 4.78 is 12.9. The molecule has 4 heterocycles. The molecule has 13 heteroatoms. The van der Waals surface area contributed by atoms with Crippen molar-refractivity contribution in [3.8, 4) is 0 Å². The van der Waals surface area contributed by atoms with Gasteiger partial charge in [0.25, 0.3) is 0 Å². The average molecular weight is 562 g/mol. The molecule has 3 aromatic heterocycles. The molecule has 1 amide bonds. The van der Waals surface area contributed by atoms with Crippen LogP contribution in [0.4, 0.5) is 22.4 Å². The SMILES string of the molecule is CCOCCn1nc(C(C)O)c2nc(N3CCN(C(=O)OCc4ccccc4)[C@H](C)C3)nc(Nc3ccncn3)c21.